The van der Waals surface area contributed by atoms with Crippen LogP contribution in [0, 0.1) is 0 Å². The second kappa shape index (κ2) is 6.14. The van der Waals surface area contributed by atoms with Gasteiger partial charge in [-0.2, -0.15) is 0 Å². The van der Waals surface area contributed by atoms with Crippen molar-refractivity contribution in [1.29, 1.82) is 0 Å². The molecule has 4 heteroatoms. The van der Waals surface area contributed by atoms with Crippen LogP contribution in [0.4, 0.5) is 0 Å². The Morgan fingerprint density at radius 1 is 1.18 bits per heavy atom. The summed E-state index contributed by atoms with van der Waals surface area (Å²) in [5.74, 6) is 0. The van der Waals surface area contributed by atoms with Crippen LogP contribution in [0.2, 0.25) is 0 Å². The van der Waals surface area contributed by atoms with Crippen molar-refractivity contribution in [2.24, 2.45) is 0 Å². The Balaban J connectivity index is 1.95. The van der Waals surface area contributed by atoms with Crippen LogP contribution >= 0.6 is 43.2 Å². The van der Waals surface area contributed by atoms with Gasteiger partial charge < -0.3 is 5.32 Å². The number of benzene rings is 1. The van der Waals surface area contributed by atoms with Gasteiger partial charge >= 0.3 is 0 Å². The van der Waals surface area contributed by atoms with Gasteiger partial charge in [0.1, 0.15) is 0 Å². The highest BCUT2D eigenvalue weighted by atomic mass is 79.9. The molecule has 0 aliphatic carbocycles. The summed E-state index contributed by atoms with van der Waals surface area (Å²) in [6.45, 7) is 3.08. The first-order valence-corrected chi connectivity index (χ1v) is 7.84. The lowest BCUT2D eigenvalue weighted by atomic mass is 10.1. The average molecular weight is 375 g/mol. The van der Waals surface area contributed by atoms with Gasteiger partial charge in [-0.15, -0.1) is 11.3 Å². The number of nitrogens with one attached hydrogen (secondary N) is 1. The van der Waals surface area contributed by atoms with Crippen LogP contribution in [0.5, 0.6) is 0 Å². The van der Waals surface area contributed by atoms with Gasteiger partial charge in [0.05, 0.1) is 0 Å². The van der Waals surface area contributed by atoms with Crippen LogP contribution in [0.3, 0.4) is 0 Å². The number of hydrogen-bond donors (Lipinski definition) is 1. The van der Waals surface area contributed by atoms with Crippen molar-refractivity contribution >= 4 is 43.2 Å². The molecule has 0 fully saturated rings. The van der Waals surface area contributed by atoms with Crippen molar-refractivity contribution in [3.05, 3.63) is 55.1 Å². The van der Waals surface area contributed by atoms with Crippen molar-refractivity contribution in [3.8, 4) is 0 Å². The Kier molecular flexibility index (Phi) is 4.79. The van der Waals surface area contributed by atoms with E-state index < -0.39 is 0 Å². The van der Waals surface area contributed by atoms with Crippen LogP contribution in [0.15, 0.2) is 44.7 Å². The van der Waals surface area contributed by atoms with E-state index in [-0.39, 0.29) is 0 Å². The van der Waals surface area contributed by atoms with E-state index >= 15 is 0 Å². The Labute approximate surface area is 123 Å². The first-order chi connectivity index (χ1) is 8.16. The fourth-order valence-corrected chi connectivity index (χ4v) is 3.27. The second-order valence-electron chi connectivity index (χ2n) is 3.85. The molecule has 0 saturated heterocycles. The third-order valence-corrected chi connectivity index (χ3v) is 5.08. The van der Waals surface area contributed by atoms with E-state index in [0.717, 1.165) is 11.0 Å². The normalized spacial score (nSPS) is 12.6. The quantitative estimate of drug-likeness (QED) is 0.782. The zero-order valence-corrected chi connectivity index (χ0v) is 13.4. The molecule has 0 bridgehead atoms. The van der Waals surface area contributed by atoms with Gasteiger partial charge in [-0.05, 0) is 52.0 Å². The van der Waals surface area contributed by atoms with Crippen LogP contribution < -0.4 is 5.32 Å². The molecule has 1 nitrogen and oxygen atoms in total. The summed E-state index contributed by atoms with van der Waals surface area (Å²) < 4.78 is 2.31. The summed E-state index contributed by atoms with van der Waals surface area (Å²) in [5, 5.41) is 5.63. The molecule has 0 spiro atoms. The predicted octanol–water partition coefficient (Wildman–Crippen LogP) is 5.12. The molecule has 0 saturated carbocycles. The fourth-order valence-electron chi connectivity index (χ4n) is 1.57. The summed E-state index contributed by atoms with van der Waals surface area (Å²) >= 11 is 8.77. The lowest BCUT2D eigenvalue weighted by Gasteiger charge is -2.13. The first-order valence-electron chi connectivity index (χ1n) is 5.37. The molecule has 1 aromatic carbocycles. The average Bonchev–Trinajstić information content (AvgIpc) is 2.73. The Morgan fingerprint density at radius 3 is 2.47 bits per heavy atom. The highest BCUT2D eigenvalue weighted by molar-refractivity contribution is 9.10. The third-order valence-electron chi connectivity index (χ3n) is 2.63. The lowest BCUT2D eigenvalue weighted by molar-refractivity contribution is 0.578. The van der Waals surface area contributed by atoms with Gasteiger partial charge in [0.15, 0.2) is 0 Å². The molecule has 0 unspecified atom stereocenters. The molecule has 2 rings (SSSR count). The minimum atomic E-state index is 0.358. The summed E-state index contributed by atoms with van der Waals surface area (Å²) in [6, 6.07) is 10.9. The Morgan fingerprint density at radius 2 is 1.88 bits per heavy atom. The third kappa shape index (κ3) is 3.65. The number of thiophene rings is 1. The fraction of sp³-hybridized carbons (Fsp3) is 0.231. The highest BCUT2D eigenvalue weighted by Crippen LogP contribution is 2.23. The minimum Gasteiger partial charge on any atom is -0.305 e. The predicted molar refractivity (Wildman–Crippen MR) is 81.4 cm³/mol. The van der Waals surface area contributed by atoms with Crippen molar-refractivity contribution in [2.45, 2.75) is 19.5 Å². The van der Waals surface area contributed by atoms with Gasteiger partial charge in [0.25, 0.3) is 0 Å². The SMILES string of the molecule is C[C@H](NCc1sccc1Br)c1ccc(Br)cc1. The zero-order chi connectivity index (χ0) is 12.3. The maximum absolute atomic E-state index is 3.55. The van der Waals surface area contributed by atoms with Gasteiger partial charge in [-0.1, -0.05) is 28.1 Å². The maximum Gasteiger partial charge on any atom is 0.0327 e. The molecule has 1 aromatic heterocycles. The number of rotatable bonds is 4. The summed E-state index contributed by atoms with van der Waals surface area (Å²) in [5.41, 5.74) is 1.31. The monoisotopic (exact) mass is 373 g/mol. The van der Waals surface area contributed by atoms with Crippen LogP contribution in [0.25, 0.3) is 0 Å². The first kappa shape index (κ1) is 13.3. The topological polar surface area (TPSA) is 12.0 Å². The molecule has 17 heavy (non-hydrogen) atoms. The molecule has 0 radical (unpaired) electrons. The van der Waals surface area contributed by atoms with Crippen molar-refractivity contribution in [3.63, 3.8) is 0 Å². The molecule has 90 valence electrons. The smallest absolute Gasteiger partial charge is 0.0327 e. The maximum atomic E-state index is 3.55. The van der Waals surface area contributed by atoms with E-state index in [2.05, 4.69) is 79.8 Å². The van der Waals surface area contributed by atoms with E-state index in [1.54, 1.807) is 11.3 Å². The molecule has 0 amide bonds. The Bertz CT molecular complexity index is 478. The summed E-state index contributed by atoms with van der Waals surface area (Å²) in [6.07, 6.45) is 0. The number of halogens is 2. The summed E-state index contributed by atoms with van der Waals surface area (Å²) in [4.78, 5) is 1.34. The van der Waals surface area contributed by atoms with Gasteiger partial charge in [0.2, 0.25) is 0 Å². The van der Waals surface area contributed by atoms with Crippen molar-refractivity contribution in [1.82, 2.24) is 5.32 Å². The van der Waals surface area contributed by atoms with E-state index in [9.17, 15) is 0 Å². The van der Waals surface area contributed by atoms with Crippen LogP contribution in [-0.2, 0) is 6.54 Å². The molecule has 1 heterocycles. The van der Waals surface area contributed by atoms with Crippen LogP contribution in [-0.4, -0.2) is 0 Å². The lowest BCUT2D eigenvalue weighted by Crippen LogP contribution is -2.17. The largest absolute Gasteiger partial charge is 0.305 e. The molecule has 0 aliphatic rings. The van der Waals surface area contributed by atoms with Crippen molar-refractivity contribution in [2.75, 3.05) is 0 Å². The standard InChI is InChI=1S/C13H13Br2NS/c1-9(10-2-4-11(14)5-3-10)16-8-13-12(15)6-7-17-13/h2-7,9,16H,8H2,1H3/t9-/m0/s1. The minimum absolute atomic E-state index is 0.358. The van der Waals surface area contributed by atoms with E-state index in [0.29, 0.717) is 6.04 Å². The van der Waals surface area contributed by atoms with E-state index in [4.69, 9.17) is 0 Å². The molecule has 0 aliphatic heterocycles. The van der Waals surface area contributed by atoms with Gasteiger partial charge in [-0.3, -0.25) is 0 Å². The molecule has 2 aromatic rings. The van der Waals surface area contributed by atoms with Crippen molar-refractivity contribution < 1.29 is 0 Å². The number of hydrogen-bond acceptors (Lipinski definition) is 2. The van der Waals surface area contributed by atoms with Crippen LogP contribution in [0.1, 0.15) is 23.4 Å². The molecular weight excluding hydrogens is 362 g/mol. The molecule has 1 N–H and O–H groups in total. The Hall–Kier alpha value is -0.160. The highest BCUT2D eigenvalue weighted by Gasteiger charge is 2.06. The van der Waals surface area contributed by atoms with E-state index in [1.165, 1.54) is 14.9 Å². The van der Waals surface area contributed by atoms with E-state index in [1.807, 2.05) is 0 Å². The molecule has 1 atom stereocenters. The zero-order valence-electron chi connectivity index (χ0n) is 9.41. The van der Waals surface area contributed by atoms with Gasteiger partial charge in [0, 0.05) is 26.4 Å². The van der Waals surface area contributed by atoms with Gasteiger partial charge in [-0.25, -0.2) is 0 Å². The summed E-state index contributed by atoms with van der Waals surface area (Å²) in [7, 11) is 0. The second-order valence-corrected chi connectivity index (χ2v) is 6.62. The molecular formula is C13H13Br2NS.